The van der Waals surface area contributed by atoms with E-state index in [-0.39, 0.29) is 89.8 Å². The van der Waals surface area contributed by atoms with Crippen molar-refractivity contribution in [2.24, 2.45) is 0 Å². The van der Waals surface area contributed by atoms with Crippen molar-refractivity contribution in [1.29, 1.82) is 0 Å². The number of aryl methyl sites for hydroxylation is 2. The fraction of sp³-hybridized carbons (Fsp3) is 0.850. The van der Waals surface area contributed by atoms with Gasteiger partial charge in [-0.2, -0.15) is 0 Å². The predicted octanol–water partition coefficient (Wildman–Crippen LogP) is 28.5. The van der Waals surface area contributed by atoms with Gasteiger partial charge in [-0.15, -0.1) is 39.3 Å². The zero-order valence-corrected chi connectivity index (χ0v) is 86.9. The molecule has 0 aliphatic heterocycles. The zero-order chi connectivity index (χ0) is 73.5. The molecule has 17 heteroatoms. The van der Waals surface area contributed by atoms with Crippen LogP contribution in [0.2, 0.25) is 99.7 Å². The van der Waals surface area contributed by atoms with Crippen LogP contribution in [-0.2, 0) is 0 Å². The van der Waals surface area contributed by atoms with Crippen LogP contribution in [0, 0.1) is 93.7 Å². The Morgan fingerprint density at radius 3 is 0.392 bits per heavy atom. The molecule has 0 amide bonds. The van der Waals surface area contributed by atoms with Gasteiger partial charge >= 0.3 is 79.9 Å². The van der Waals surface area contributed by atoms with Crippen molar-refractivity contribution in [3.8, 4) is 0 Å². The van der Waals surface area contributed by atoms with Gasteiger partial charge in [0, 0.05) is 0 Å². The summed E-state index contributed by atoms with van der Waals surface area (Å²) in [6.45, 7) is 103. The molecule has 0 aromatic heterocycles. The number of hydrogen-bond acceptors (Lipinski definition) is 2. The van der Waals surface area contributed by atoms with Crippen LogP contribution in [-0.4, -0.2) is 138 Å². The summed E-state index contributed by atoms with van der Waals surface area (Å²) in [4.78, 5) is 39.1. The van der Waals surface area contributed by atoms with Crippen LogP contribution >= 0.6 is 9.90 Å². The summed E-state index contributed by atoms with van der Waals surface area (Å²) in [6, 6.07) is 20.5. The van der Waals surface area contributed by atoms with Crippen LogP contribution < -0.4 is 0 Å². The van der Waals surface area contributed by atoms with Crippen LogP contribution in [0.1, 0.15) is 260 Å². The molecule has 0 aliphatic carbocycles. The summed E-state index contributed by atoms with van der Waals surface area (Å²) >= 11 is 0. The summed E-state index contributed by atoms with van der Waals surface area (Å²) in [6.07, 6.45) is 0. The van der Waals surface area contributed by atoms with Gasteiger partial charge in [-0.3, -0.25) is 0 Å². The third kappa shape index (κ3) is 32.3. The van der Waals surface area contributed by atoms with Gasteiger partial charge in [-0.05, 0) is 103 Å². The summed E-state index contributed by atoms with van der Waals surface area (Å²) in [5.41, 5.74) is 14.8. The smallest absolute Gasteiger partial charge is 1.51 e. The van der Waals surface area contributed by atoms with Gasteiger partial charge in [-0.25, -0.2) is 0 Å². The SMILES string of the molecule is CC(C)[Si]([N-]CCN(CC[N-][Si](C(C)C)(C(C)C)C(C)C)CC[N-][Si](C(C)C)(C(C)C)C(C)C)(C(C)C)C(C)C.CC(C)[Si]([N-]CCN(CC[N-][Si](C(C)C)(C(C)C)C(C)C)CC[N-][Si](C(C)C)(C(C)C)C(C)C)(C(C)C)C(C)C.Cc1ccccc1.Cc1ccccc1.[PH-2].[Th+4].[Th+4]. The van der Waals surface area contributed by atoms with Crippen molar-refractivity contribution >= 4 is 59.3 Å². The van der Waals surface area contributed by atoms with Crippen LogP contribution in [0.15, 0.2) is 60.7 Å². The van der Waals surface area contributed by atoms with E-state index in [4.69, 9.17) is 29.9 Å². The summed E-state index contributed by atoms with van der Waals surface area (Å²) in [7, 11) is -10.4. The van der Waals surface area contributed by atoms with Gasteiger partial charge < -0.3 is 49.6 Å². The Hall–Kier alpha value is 2.50. The monoisotopic (exact) mass is 1900 g/mol. The van der Waals surface area contributed by atoms with Crippen molar-refractivity contribution in [2.45, 2.75) is 363 Å². The Bertz CT molecular complexity index is 1720. The zero-order valence-electron chi connectivity index (χ0n) is 71.7. The molecular formula is C80H167N8PSi6Th2. The number of nitrogens with zero attached hydrogens (tertiary/aromatic N) is 8. The molecule has 2 rings (SSSR count). The second kappa shape index (κ2) is 53.3. The fourth-order valence-electron chi connectivity index (χ4n) is 19.3. The van der Waals surface area contributed by atoms with Gasteiger partial charge in [0.05, 0.1) is 0 Å². The minimum absolute atomic E-state index is 0. The molecule has 0 saturated heterocycles. The summed E-state index contributed by atoms with van der Waals surface area (Å²) < 4.78 is 0. The minimum atomic E-state index is -1.74. The van der Waals surface area contributed by atoms with Crippen LogP contribution in [0.4, 0.5) is 0 Å². The van der Waals surface area contributed by atoms with Gasteiger partial charge in [-0.1, -0.05) is 421 Å². The first-order chi connectivity index (χ1) is 43.3. The predicted molar refractivity (Wildman–Crippen MR) is 459 cm³/mol. The average Bonchev–Trinajstić information content (AvgIpc) is 0.859. The quantitative estimate of drug-likeness (QED) is 0.0489. The van der Waals surface area contributed by atoms with Crippen molar-refractivity contribution < 1.29 is 79.9 Å². The number of rotatable bonds is 42. The fourth-order valence-corrected chi connectivity index (χ4v) is 52.8. The van der Waals surface area contributed by atoms with Gasteiger partial charge in [0.15, 0.2) is 0 Å². The van der Waals surface area contributed by atoms with E-state index >= 15 is 0 Å². The van der Waals surface area contributed by atoms with Crippen LogP contribution in [0.3, 0.4) is 0 Å². The van der Waals surface area contributed by atoms with Crippen LogP contribution in [0.25, 0.3) is 29.9 Å². The molecule has 564 valence electrons. The molecular weight excluding hydrogens is 1740 g/mol. The Kier molecular flexibility index (Phi) is 59.4. The molecule has 0 atom stereocenters. The first-order valence-electron chi connectivity index (χ1n) is 38.9. The Morgan fingerprint density at radius 2 is 0.320 bits per heavy atom. The average molecular weight is 1900 g/mol. The molecule has 0 saturated carbocycles. The van der Waals surface area contributed by atoms with Gasteiger partial charge in [0.25, 0.3) is 0 Å². The third-order valence-electron chi connectivity index (χ3n) is 23.3. The van der Waals surface area contributed by atoms with E-state index in [0.717, 1.165) is 78.5 Å². The number of hydrogen-bond donors (Lipinski definition) is 0. The minimum Gasteiger partial charge on any atom is -1.51 e. The molecule has 0 N–H and O–H groups in total. The second-order valence-electron chi connectivity index (χ2n) is 34.4. The molecule has 0 spiro atoms. The number of benzene rings is 2. The van der Waals surface area contributed by atoms with E-state index in [1.54, 1.807) is 0 Å². The van der Waals surface area contributed by atoms with Gasteiger partial charge in [0.1, 0.15) is 0 Å². The van der Waals surface area contributed by atoms with Crippen molar-refractivity contribution in [2.75, 3.05) is 78.5 Å². The third-order valence-corrected chi connectivity index (χ3v) is 61.3. The second-order valence-corrected chi connectivity index (χ2v) is 67.7. The molecule has 2 aromatic carbocycles. The van der Waals surface area contributed by atoms with E-state index < -0.39 is 49.4 Å². The van der Waals surface area contributed by atoms with Crippen molar-refractivity contribution in [3.63, 3.8) is 0 Å². The Balaban J connectivity index is -0.000000467. The van der Waals surface area contributed by atoms with E-state index in [1.807, 2.05) is 36.4 Å². The molecule has 97 heavy (non-hydrogen) atoms. The maximum absolute atomic E-state index is 5.63. The summed E-state index contributed by atoms with van der Waals surface area (Å²) in [5.74, 6) is 0. The van der Waals surface area contributed by atoms with Crippen LogP contribution in [0.5, 0.6) is 0 Å². The maximum Gasteiger partial charge on any atom is 4.00 e. The Morgan fingerprint density at radius 1 is 0.216 bits per heavy atom. The van der Waals surface area contributed by atoms with E-state index in [0.29, 0.717) is 99.7 Å². The molecule has 0 radical (unpaired) electrons. The summed E-state index contributed by atoms with van der Waals surface area (Å²) in [5, 5.41) is 0. The molecule has 0 fully saturated rings. The van der Waals surface area contributed by atoms with E-state index in [1.165, 1.54) is 11.1 Å². The largest absolute Gasteiger partial charge is 4.00 e. The van der Waals surface area contributed by atoms with Crippen molar-refractivity contribution in [3.05, 3.63) is 102 Å². The molecule has 0 unspecified atom stereocenters. The maximum atomic E-state index is 5.63. The Labute approximate surface area is 684 Å². The molecule has 8 nitrogen and oxygen atoms in total. The molecule has 0 bridgehead atoms. The molecule has 0 aliphatic rings. The van der Waals surface area contributed by atoms with Crippen molar-refractivity contribution in [1.82, 2.24) is 9.80 Å². The first-order valence-corrected chi connectivity index (χ1v) is 52.0. The molecule has 2 aromatic rings. The molecule has 0 heterocycles. The normalized spacial score (nSPS) is 13.1. The van der Waals surface area contributed by atoms with Gasteiger partial charge in [0.2, 0.25) is 0 Å². The van der Waals surface area contributed by atoms with E-state index in [2.05, 4.69) is 297 Å². The standard InChI is InChI=1S/2C33H75N4Si3.2C7H8.HP.2Th/c2*1-25(2)38(26(3)4,27(5)6)34-19-22-37(23-20-35-39(28(7)8,29(9)10)30(11)12)24-21-36-40(31(13)14,32(15)16)33(17)18;2*1-7-5-3-2-4-6-7;;;/h2*25-33H,19-24H2,1-18H3;2*2-6H,1H3;1H;;/q2*-3;;;-2;2*+4. The topological polar surface area (TPSA) is 91.1 Å². The van der Waals surface area contributed by atoms with E-state index in [9.17, 15) is 0 Å². The first kappa shape index (κ1) is 108.